The molecule has 4 nitrogen and oxygen atoms in total. The first-order valence-corrected chi connectivity index (χ1v) is 8.87. The van der Waals surface area contributed by atoms with E-state index >= 15 is 0 Å². The van der Waals surface area contributed by atoms with Crippen molar-refractivity contribution in [3.05, 3.63) is 57.0 Å². The number of nitrogens with one attached hydrogen (secondary N) is 1. The standard InChI is InChI=1S/C18H14Cl3N3O/c1-25-15-6-5-10(19)9-14(15)24-18-12(7-8-22-18)17(23-24)11-3-2-4-13(20)16(11)21/h2-6,9,22H,7-8H2,1H3. The molecule has 128 valence electrons. The van der Waals surface area contributed by atoms with E-state index in [2.05, 4.69) is 5.32 Å². The van der Waals surface area contributed by atoms with E-state index in [1.807, 2.05) is 28.9 Å². The van der Waals surface area contributed by atoms with Gasteiger partial charge >= 0.3 is 0 Å². The van der Waals surface area contributed by atoms with Crippen LogP contribution in [-0.2, 0) is 6.42 Å². The quantitative estimate of drug-likeness (QED) is 0.639. The number of hydrogen-bond donors (Lipinski definition) is 1. The number of benzene rings is 2. The van der Waals surface area contributed by atoms with Gasteiger partial charge in [-0.2, -0.15) is 5.10 Å². The van der Waals surface area contributed by atoms with Crippen LogP contribution in [0.4, 0.5) is 5.82 Å². The highest BCUT2D eigenvalue weighted by molar-refractivity contribution is 6.43. The van der Waals surface area contributed by atoms with Crippen molar-refractivity contribution >= 4 is 40.6 Å². The molecular formula is C18H14Cl3N3O. The Balaban J connectivity index is 1.96. The Morgan fingerprint density at radius 3 is 2.80 bits per heavy atom. The van der Waals surface area contributed by atoms with Gasteiger partial charge in [0.1, 0.15) is 17.3 Å². The van der Waals surface area contributed by atoms with E-state index in [0.29, 0.717) is 20.8 Å². The summed E-state index contributed by atoms with van der Waals surface area (Å²) in [5, 5.41) is 9.81. The fraction of sp³-hybridized carbons (Fsp3) is 0.167. The predicted octanol–water partition coefficient (Wildman–Crippen LogP) is 5.48. The lowest BCUT2D eigenvalue weighted by Gasteiger charge is -2.11. The highest BCUT2D eigenvalue weighted by Gasteiger charge is 2.26. The van der Waals surface area contributed by atoms with Gasteiger partial charge in [-0.3, -0.25) is 0 Å². The monoisotopic (exact) mass is 393 g/mol. The van der Waals surface area contributed by atoms with Gasteiger partial charge in [-0.05, 0) is 30.7 Å². The van der Waals surface area contributed by atoms with E-state index in [-0.39, 0.29) is 0 Å². The minimum Gasteiger partial charge on any atom is -0.494 e. The smallest absolute Gasteiger partial charge is 0.144 e. The molecule has 0 amide bonds. The summed E-state index contributed by atoms with van der Waals surface area (Å²) >= 11 is 18.8. The van der Waals surface area contributed by atoms with Crippen LogP contribution in [0.25, 0.3) is 16.9 Å². The molecule has 2 aromatic carbocycles. The van der Waals surface area contributed by atoms with Crippen LogP contribution in [0.5, 0.6) is 5.75 Å². The minimum absolute atomic E-state index is 0.501. The van der Waals surface area contributed by atoms with Gasteiger partial charge in [0.25, 0.3) is 0 Å². The van der Waals surface area contributed by atoms with E-state index in [4.69, 9.17) is 44.6 Å². The highest BCUT2D eigenvalue weighted by atomic mass is 35.5. The summed E-state index contributed by atoms with van der Waals surface area (Å²) in [5.74, 6) is 1.61. The second-order valence-electron chi connectivity index (χ2n) is 5.68. The molecule has 0 aliphatic carbocycles. The lowest BCUT2D eigenvalue weighted by molar-refractivity contribution is 0.412. The molecule has 3 aromatic rings. The van der Waals surface area contributed by atoms with Gasteiger partial charge in [0, 0.05) is 22.7 Å². The summed E-state index contributed by atoms with van der Waals surface area (Å²) in [6.45, 7) is 0.835. The van der Waals surface area contributed by atoms with Crippen LogP contribution in [0.1, 0.15) is 5.56 Å². The molecule has 2 heterocycles. The van der Waals surface area contributed by atoms with E-state index in [9.17, 15) is 0 Å². The Morgan fingerprint density at radius 1 is 1.16 bits per heavy atom. The van der Waals surface area contributed by atoms with Crippen LogP contribution in [-0.4, -0.2) is 23.4 Å². The number of aromatic nitrogens is 2. The van der Waals surface area contributed by atoms with Crippen LogP contribution < -0.4 is 10.1 Å². The lowest BCUT2D eigenvalue weighted by Crippen LogP contribution is -2.06. The van der Waals surface area contributed by atoms with E-state index in [1.165, 1.54) is 0 Å². The van der Waals surface area contributed by atoms with E-state index < -0.39 is 0 Å². The molecule has 0 bridgehead atoms. The van der Waals surface area contributed by atoms with Gasteiger partial charge in [0.2, 0.25) is 0 Å². The number of methoxy groups -OCH3 is 1. The molecule has 7 heteroatoms. The number of ether oxygens (including phenoxy) is 1. The van der Waals surface area contributed by atoms with Crippen LogP contribution in [0.2, 0.25) is 15.1 Å². The zero-order valence-electron chi connectivity index (χ0n) is 13.3. The molecule has 1 aliphatic rings. The van der Waals surface area contributed by atoms with Crippen LogP contribution >= 0.6 is 34.8 Å². The van der Waals surface area contributed by atoms with Crippen molar-refractivity contribution in [2.75, 3.05) is 19.0 Å². The largest absolute Gasteiger partial charge is 0.494 e. The molecule has 0 fully saturated rings. The molecule has 0 radical (unpaired) electrons. The van der Waals surface area contributed by atoms with Gasteiger partial charge in [0.05, 0.1) is 22.8 Å². The molecule has 0 saturated carbocycles. The van der Waals surface area contributed by atoms with Crippen molar-refractivity contribution in [3.8, 4) is 22.7 Å². The fourth-order valence-corrected chi connectivity index (χ4v) is 3.64. The number of rotatable bonds is 3. The molecule has 0 saturated heterocycles. The Kier molecular flexibility index (Phi) is 4.28. The molecule has 25 heavy (non-hydrogen) atoms. The Hall–Kier alpha value is -1.88. The fourth-order valence-electron chi connectivity index (χ4n) is 3.08. The van der Waals surface area contributed by atoms with Crippen LogP contribution in [0.3, 0.4) is 0 Å². The van der Waals surface area contributed by atoms with Gasteiger partial charge in [-0.15, -0.1) is 0 Å². The second-order valence-corrected chi connectivity index (χ2v) is 6.90. The summed E-state index contributed by atoms with van der Waals surface area (Å²) in [6, 6.07) is 11.0. The van der Waals surface area contributed by atoms with E-state index in [0.717, 1.165) is 41.3 Å². The van der Waals surface area contributed by atoms with Crippen LogP contribution in [0.15, 0.2) is 36.4 Å². The molecule has 0 spiro atoms. The van der Waals surface area contributed by atoms with Crippen molar-refractivity contribution in [2.24, 2.45) is 0 Å². The summed E-state index contributed by atoms with van der Waals surface area (Å²) < 4.78 is 7.30. The first-order valence-electron chi connectivity index (χ1n) is 7.74. The molecule has 0 unspecified atom stereocenters. The topological polar surface area (TPSA) is 39.1 Å². The summed E-state index contributed by atoms with van der Waals surface area (Å²) in [5.41, 5.74) is 3.50. The number of halogens is 3. The average Bonchev–Trinajstić information content (AvgIpc) is 3.20. The molecule has 4 rings (SSSR count). The minimum atomic E-state index is 0.501. The van der Waals surface area contributed by atoms with Crippen LogP contribution in [0, 0.1) is 0 Å². The maximum absolute atomic E-state index is 6.42. The first-order chi connectivity index (χ1) is 12.1. The Labute approximate surface area is 160 Å². The van der Waals surface area contributed by atoms with Crippen molar-refractivity contribution in [3.63, 3.8) is 0 Å². The van der Waals surface area contributed by atoms with Gasteiger partial charge in [-0.25, -0.2) is 4.68 Å². The van der Waals surface area contributed by atoms with Gasteiger partial charge in [-0.1, -0.05) is 46.9 Å². The number of anilines is 1. The molecular weight excluding hydrogens is 381 g/mol. The SMILES string of the molecule is COc1ccc(Cl)cc1-n1nc(-c2cccc(Cl)c2Cl)c2c1NCC2. The van der Waals surface area contributed by atoms with Crippen molar-refractivity contribution in [2.45, 2.75) is 6.42 Å². The normalized spacial score (nSPS) is 12.8. The summed E-state index contributed by atoms with van der Waals surface area (Å²) in [4.78, 5) is 0. The second kappa shape index (κ2) is 6.45. The third-order valence-electron chi connectivity index (χ3n) is 4.23. The lowest BCUT2D eigenvalue weighted by atomic mass is 10.1. The maximum atomic E-state index is 6.42. The predicted molar refractivity (Wildman–Crippen MR) is 103 cm³/mol. The summed E-state index contributed by atoms with van der Waals surface area (Å²) in [6.07, 6.45) is 0.858. The molecule has 1 aliphatic heterocycles. The third-order valence-corrected chi connectivity index (χ3v) is 5.28. The number of fused-ring (bicyclic) bond motifs is 1. The van der Waals surface area contributed by atoms with Crippen molar-refractivity contribution in [1.29, 1.82) is 0 Å². The van der Waals surface area contributed by atoms with Gasteiger partial charge < -0.3 is 10.1 Å². The highest BCUT2D eigenvalue weighted by Crippen LogP contribution is 2.41. The number of nitrogens with zero attached hydrogens (tertiary/aromatic N) is 2. The molecule has 1 N–H and O–H groups in total. The molecule has 0 atom stereocenters. The van der Waals surface area contributed by atoms with Crippen molar-refractivity contribution in [1.82, 2.24) is 9.78 Å². The number of hydrogen-bond acceptors (Lipinski definition) is 3. The third kappa shape index (κ3) is 2.74. The van der Waals surface area contributed by atoms with E-state index in [1.54, 1.807) is 19.2 Å². The first kappa shape index (κ1) is 16.6. The van der Waals surface area contributed by atoms with Gasteiger partial charge in [0.15, 0.2) is 0 Å². The zero-order chi connectivity index (χ0) is 17.6. The maximum Gasteiger partial charge on any atom is 0.144 e. The molecule has 1 aromatic heterocycles. The zero-order valence-corrected chi connectivity index (χ0v) is 15.6. The Bertz CT molecular complexity index is 968. The average molecular weight is 395 g/mol. The Morgan fingerprint density at radius 2 is 2.00 bits per heavy atom. The van der Waals surface area contributed by atoms with Crippen molar-refractivity contribution < 1.29 is 4.74 Å². The summed E-state index contributed by atoms with van der Waals surface area (Å²) in [7, 11) is 1.62.